The Balaban J connectivity index is 1.70. The molecule has 1 amide bonds. The Morgan fingerprint density at radius 3 is 2.37 bits per heavy atom. The predicted octanol–water partition coefficient (Wildman–Crippen LogP) is 3.63. The number of nitrogens with zero attached hydrogens (tertiary/aromatic N) is 2. The largest absolute Gasteiger partial charge is 0.493 e. The molecule has 1 heterocycles. The Labute approximate surface area is 155 Å². The van der Waals surface area contributed by atoms with E-state index in [0.717, 1.165) is 0 Å². The van der Waals surface area contributed by atoms with Gasteiger partial charge in [-0.15, -0.1) is 0 Å². The lowest BCUT2D eigenvalue weighted by atomic mass is 10.2. The maximum Gasteiger partial charge on any atom is 0.258 e. The number of nitrogens with one attached hydrogen (secondary N) is 2. The number of methoxy groups -OCH3 is 2. The van der Waals surface area contributed by atoms with Crippen LogP contribution in [0.2, 0.25) is 0 Å². The highest BCUT2D eigenvalue weighted by molar-refractivity contribution is 6.03. The molecule has 0 aliphatic heterocycles. The van der Waals surface area contributed by atoms with Crippen LogP contribution in [0.3, 0.4) is 0 Å². The Hall–Kier alpha value is -3.68. The van der Waals surface area contributed by atoms with E-state index in [4.69, 9.17) is 9.47 Å². The normalized spacial score (nSPS) is 10.2. The summed E-state index contributed by atoms with van der Waals surface area (Å²) in [5, 5.41) is 5.48. The van der Waals surface area contributed by atoms with Gasteiger partial charge >= 0.3 is 0 Å². The lowest BCUT2D eigenvalue weighted by Gasteiger charge is -2.10. The second kappa shape index (κ2) is 8.13. The van der Waals surface area contributed by atoms with Crippen LogP contribution in [-0.4, -0.2) is 30.1 Å². The number of anilines is 3. The first-order chi connectivity index (χ1) is 13.1. The minimum atomic E-state index is -0.515. The van der Waals surface area contributed by atoms with Gasteiger partial charge in [0.15, 0.2) is 11.5 Å². The van der Waals surface area contributed by atoms with E-state index in [2.05, 4.69) is 20.6 Å². The van der Waals surface area contributed by atoms with E-state index in [1.807, 2.05) is 0 Å². The zero-order valence-corrected chi connectivity index (χ0v) is 14.7. The molecule has 0 saturated carbocycles. The summed E-state index contributed by atoms with van der Waals surface area (Å²) in [6.07, 6.45) is 2.71. The van der Waals surface area contributed by atoms with E-state index >= 15 is 0 Å². The molecule has 0 aliphatic carbocycles. The Bertz CT molecular complexity index is 948. The summed E-state index contributed by atoms with van der Waals surface area (Å²) in [6.45, 7) is 0. The molecule has 8 heteroatoms. The smallest absolute Gasteiger partial charge is 0.258 e. The van der Waals surface area contributed by atoms with E-state index in [9.17, 15) is 9.18 Å². The molecule has 138 valence electrons. The number of halogens is 1. The van der Waals surface area contributed by atoms with Crippen molar-refractivity contribution in [2.75, 3.05) is 24.9 Å². The molecular weight excluding hydrogens is 351 g/mol. The van der Waals surface area contributed by atoms with Crippen molar-refractivity contribution in [3.63, 3.8) is 0 Å². The topological polar surface area (TPSA) is 85.4 Å². The number of hydrogen-bond acceptors (Lipinski definition) is 6. The van der Waals surface area contributed by atoms with Crippen LogP contribution < -0.4 is 20.1 Å². The highest BCUT2D eigenvalue weighted by atomic mass is 19.1. The fourth-order valence-electron chi connectivity index (χ4n) is 2.31. The van der Waals surface area contributed by atoms with E-state index in [1.54, 1.807) is 44.6 Å². The van der Waals surface area contributed by atoms with Gasteiger partial charge in [-0.25, -0.2) is 14.4 Å². The molecule has 3 aromatic rings. The van der Waals surface area contributed by atoms with Crippen LogP contribution in [0.4, 0.5) is 21.7 Å². The van der Waals surface area contributed by atoms with Gasteiger partial charge in [0.1, 0.15) is 5.82 Å². The second-order valence-corrected chi connectivity index (χ2v) is 5.42. The van der Waals surface area contributed by atoms with Crippen molar-refractivity contribution in [1.82, 2.24) is 9.97 Å². The van der Waals surface area contributed by atoms with Crippen molar-refractivity contribution < 1.29 is 18.7 Å². The van der Waals surface area contributed by atoms with Gasteiger partial charge in [0.25, 0.3) is 5.91 Å². The monoisotopic (exact) mass is 368 g/mol. The third kappa shape index (κ3) is 4.30. The zero-order valence-electron chi connectivity index (χ0n) is 14.7. The highest BCUT2D eigenvalue weighted by Crippen LogP contribution is 2.30. The lowest BCUT2D eigenvalue weighted by molar-refractivity contribution is 0.102. The van der Waals surface area contributed by atoms with Gasteiger partial charge < -0.3 is 20.1 Å². The SMILES string of the molecule is COc1ccc(Nc2ncc(C(=O)Nc3ccccc3F)cn2)cc1OC. The van der Waals surface area contributed by atoms with Crippen molar-refractivity contribution in [2.24, 2.45) is 0 Å². The van der Waals surface area contributed by atoms with Crippen molar-refractivity contribution in [3.05, 3.63) is 66.2 Å². The van der Waals surface area contributed by atoms with Gasteiger partial charge in [0, 0.05) is 24.1 Å². The van der Waals surface area contributed by atoms with Crippen LogP contribution in [0.25, 0.3) is 0 Å². The Kier molecular flexibility index (Phi) is 5.46. The van der Waals surface area contributed by atoms with Crippen LogP contribution in [0.5, 0.6) is 11.5 Å². The number of hydrogen-bond donors (Lipinski definition) is 2. The van der Waals surface area contributed by atoms with Crippen LogP contribution in [0.1, 0.15) is 10.4 Å². The molecule has 2 aromatic carbocycles. The lowest BCUT2D eigenvalue weighted by Crippen LogP contribution is -2.14. The van der Waals surface area contributed by atoms with Gasteiger partial charge in [-0.3, -0.25) is 4.79 Å². The maximum absolute atomic E-state index is 13.6. The number of rotatable bonds is 6. The van der Waals surface area contributed by atoms with E-state index in [1.165, 1.54) is 24.5 Å². The summed E-state index contributed by atoms with van der Waals surface area (Å²) < 4.78 is 24.0. The average molecular weight is 368 g/mol. The fraction of sp³-hybridized carbons (Fsp3) is 0.105. The summed E-state index contributed by atoms with van der Waals surface area (Å²) >= 11 is 0. The van der Waals surface area contributed by atoms with Gasteiger partial charge in [-0.05, 0) is 24.3 Å². The third-order valence-corrected chi connectivity index (χ3v) is 3.68. The number of aromatic nitrogens is 2. The first-order valence-electron chi connectivity index (χ1n) is 7.97. The number of ether oxygens (including phenoxy) is 2. The number of para-hydroxylation sites is 1. The fourth-order valence-corrected chi connectivity index (χ4v) is 2.31. The molecule has 0 atom stereocenters. The summed E-state index contributed by atoms with van der Waals surface area (Å²) in [6, 6.07) is 11.2. The van der Waals surface area contributed by atoms with Crippen LogP contribution in [-0.2, 0) is 0 Å². The molecule has 0 radical (unpaired) electrons. The minimum Gasteiger partial charge on any atom is -0.493 e. The quantitative estimate of drug-likeness (QED) is 0.691. The zero-order chi connectivity index (χ0) is 19.2. The van der Waals surface area contributed by atoms with Crippen LogP contribution in [0.15, 0.2) is 54.9 Å². The molecule has 0 fully saturated rings. The number of amides is 1. The molecule has 2 N–H and O–H groups in total. The molecule has 0 aliphatic rings. The first-order valence-corrected chi connectivity index (χ1v) is 7.97. The van der Waals surface area contributed by atoms with E-state index < -0.39 is 11.7 Å². The third-order valence-electron chi connectivity index (χ3n) is 3.68. The number of carbonyl (C=O) groups is 1. The summed E-state index contributed by atoms with van der Waals surface area (Å²) in [7, 11) is 3.10. The van der Waals surface area contributed by atoms with E-state index in [-0.39, 0.29) is 11.3 Å². The number of benzene rings is 2. The van der Waals surface area contributed by atoms with Crippen molar-refractivity contribution in [1.29, 1.82) is 0 Å². The molecule has 0 unspecified atom stereocenters. The van der Waals surface area contributed by atoms with E-state index in [0.29, 0.717) is 23.1 Å². The summed E-state index contributed by atoms with van der Waals surface area (Å²) in [5.41, 5.74) is 0.988. The molecule has 0 spiro atoms. The molecule has 7 nitrogen and oxygen atoms in total. The van der Waals surface area contributed by atoms with Crippen molar-refractivity contribution in [2.45, 2.75) is 0 Å². The Morgan fingerprint density at radius 1 is 1.00 bits per heavy atom. The van der Waals surface area contributed by atoms with Gasteiger partial charge in [-0.2, -0.15) is 0 Å². The molecular formula is C19H17FN4O3. The van der Waals surface area contributed by atoms with Gasteiger partial charge in [0.05, 0.1) is 25.5 Å². The highest BCUT2D eigenvalue weighted by Gasteiger charge is 2.11. The molecule has 3 rings (SSSR count). The maximum atomic E-state index is 13.6. The average Bonchev–Trinajstić information content (AvgIpc) is 2.70. The minimum absolute atomic E-state index is 0.0926. The summed E-state index contributed by atoms with van der Waals surface area (Å²) in [5.74, 6) is 0.438. The molecule has 0 saturated heterocycles. The molecule has 1 aromatic heterocycles. The van der Waals surface area contributed by atoms with Gasteiger partial charge in [0.2, 0.25) is 5.95 Å². The van der Waals surface area contributed by atoms with Crippen LogP contribution in [0, 0.1) is 5.82 Å². The molecule has 27 heavy (non-hydrogen) atoms. The predicted molar refractivity (Wildman–Crippen MR) is 99.2 cm³/mol. The first kappa shape index (κ1) is 18.1. The standard InChI is InChI=1S/C19H17FN4O3/c1-26-16-8-7-13(9-17(16)27-2)23-19-21-10-12(11-22-19)18(25)24-15-6-4-3-5-14(15)20/h3-11H,1-2H3,(H,24,25)(H,21,22,23). The van der Waals surface area contributed by atoms with Crippen molar-refractivity contribution >= 4 is 23.2 Å². The van der Waals surface area contributed by atoms with Crippen molar-refractivity contribution in [3.8, 4) is 11.5 Å². The summed E-state index contributed by atoms with van der Waals surface area (Å²) in [4.78, 5) is 20.4. The number of carbonyl (C=O) groups excluding carboxylic acids is 1. The second-order valence-electron chi connectivity index (χ2n) is 5.42. The molecule has 0 bridgehead atoms. The van der Waals surface area contributed by atoms with Crippen LogP contribution >= 0.6 is 0 Å². The Morgan fingerprint density at radius 2 is 1.70 bits per heavy atom. The van der Waals surface area contributed by atoms with Gasteiger partial charge in [-0.1, -0.05) is 12.1 Å².